The molecule has 10 heavy (non-hydrogen) atoms. The molecule has 0 saturated carbocycles. The van der Waals surface area contributed by atoms with Crippen molar-refractivity contribution in [1.29, 1.82) is 0 Å². The lowest BCUT2D eigenvalue weighted by atomic mass is 10.2. The molecular weight excluding hydrogens is 128 g/mol. The average molecular weight is 140 g/mol. The molecule has 1 N–H and O–H groups in total. The zero-order valence-corrected chi connectivity index (χ0v) is 5.95. The number of azide groups is 1. The van der Waals surface area contributed by atoms with Gasteiger partial charge in [0, 0.05) is 17.5 Å². The Morgan fingerprint density at radius 1 is 1.70 bits per heavy atom. The van der Waals surface area contributed by atoms with Gasteiger partial charge in [-0.1, -0.05) is 5.11 Å². The Kier molecular flexibility index (Phi) is 3.06. The smallest absolute Gasteiger partial charge is 0.0272 e. The van der Waals surface area contributed by atoms with Gasteiger partial charge in [0.25, 0.3) is 0 Å². The summed E-state index contributed by atoms with van der Waals surface area (Å²) in [6, 6.07) is 0.602. The van der Waals surface area contributed by atoms with Gasteiger partial charge in [0.05, 0.1) is 0 Å². The van der Waals surface area contributed by atoms with Crippen LogP contribution in [0.4, 0.5) is 0 Å². The molecule has 1 aliphatic heterocycles. The highest BCUT2D eigenvalue weighted by molar-refractivity contribution is 4.74. The predicted molar refractivity (Wildman–Crippen MR) is 39.7 cm³/mol. The molecule has 1 heterocycles. The summed E-state index contributed by atoms with van der Waals surface area (Å²) in [6.07, 6.45) is 3.49. The summed E-state index contributed by atoms with van der Waals surface area (Å²) in [6.45, 7) is 1.76. The Morgan fingerprint density at radius 3 is 3.20 bits per heavy atom. The van der Waals surface area contributed by atoms with Crippen LogP contribution in [-0.4, -0.2) is 19.1 Å². The standard InChI is InChI=1S/C6H12N4/c7-10-9-5-3-6-2-1-4-8-6/h6,8H,1-5H2. The van der Waals surface area contributed by atoms with E-state index < -0.39 is 0 Å². The third kappa shape index (κ3) is 2.25. The second-order valence-corrected chi connectivity index (χ2v) is 2.54. The van der Waals surface area contributed by atoms with E-state index in [1.54, 1.807) is 0 Å². The van der Waals surface area contributed by atoms with Crippen LogP contribution in [0.3, 0.4) is 0 Å². The van der Waals surface area contributed by atoms with Gasteiger partial charge < -0.3 is 5.32 Å². The minimum atomic E-state index is 0.602. The van der Waals surface area contributed by atoms with E-state index in [0.29, 0.717) is 12.6 Å². The van der Waals surface area contributed by atoms with Crippen LogP contribution >= 0.6 is 0 Å². The Morgan fingerprint density at radius 2 is 2.60 bits per heavy atom. The number of nitrogens with zero attached hydrogens (tertiary/aromatic N) is 3. The first kappa shape index (κ1) is 7.38. The summed E-state index contributed by atoms with van der Waals surface area (Å²) in [5, 5.41) is 6.81. The van der Waals surface area contributed by atoms with E-state index in [1.807, 2.05) is 0 Å². The van der Waals surface area contributed by atoms with Crippen LogP contribution in [-0.2, 0) is 0 Å². The zero-order chi connectivity index (χ0) is 7.23. The van der Waals surface area contributed by atoms with Gasteiger partial charge in [0.15, 0.2) is 0 Å². The number of nitrogens with one attached hydrogen (secondary N) is 1. The predicted octanol–water partition coefficient (Wildman–Crippen LogP) is 1.44. The molecular formula is C6H12N4. The Labute approximate surface area is 60.2 Å². The van der Waals surface area contributed by atoms with E-state index in [1.165, 1.54) is 12.8 Å². The molecule has 4 nitrogen and oxygen atoms in total. The molecule has 1 atom stereocenters. The summed E-state index contributed by atoms with van der Waals surface area (Å²) in [5.74, 6) is 0. The van der Waals surface area contributed by atoms with Crippen LogP contribution in [0.25, 0.3) is 10.4 Å². The largest absolute Gasteiger partial charge is 0.314 e. The minimum absolute atomic E-state index is 0.602. The average Bonchev–Trinajstić information content (AvgIpc) is 2.41. The molecule has 0 aromatic carbocycles. The van der Waals surface area contributed by atoms with E-state index >= 15 is 0 Å². The monoisotopic (exact) mass is 140 g/mol. The lowest BCUT2D eigenvalue weighted by Gasteiger charge is -2.05. The quantitative estimate of drug-likeness (QED) is 0.360. The molecule has 1 aliphatic rings. The van der Waals surface area contributed by atoms with Crippen molar-refractivity contribution in [3.05, 3.63) is 10.4 Å². The first-order valence-corrected chi connectivity index (χ1v) is 3.67. The molecule has 0 aliphatic carbocycles. The summed E-state index contributed by atoms with van der Waals surface area (Å²) < 4.78 is 0. The van der Waals surface area contributed by atoms with Crippen molar-refractivity contribution < 1.29 is 0 Å². The van der Waals surface area contributed by atoms with E-state index in [-0.39, 0.29) is 0 Å². The van der Waals surface area contributed by atoms with Crippen LogP contribution in [0.15, 0.2) is 5.11 Å². The third-order valence-corrected chi connectivity index (χ3v) is 1.80. The fourth-order valence-corrected chi connectivity index (χ4v) is 1.26. The van der Waals surface area contributed by atoms with Crippen LogP contribution < -0.4 is 5.32 Å². The summed E-state index contributed by atoms with van der Waals surface area (Å²) in [4.78, 5) is 2.69. The van der Waals surface area contributed by atoms with Gasteiger partial charge in [-0.2, -0.15) is 0 Å². The summed E-state index contributed by atoms with van der Waals surface area (Å²) in [5.41, 5.74) is 7.98. The van der Waals surface area contributed by atoms with Crippen molar-refractivity contribution in [2.24, 2.45) is 5.11 Å². The molecule has 0 amide bonds. The SMILES string of the molecule is [N-]=[N+]=NCCC1CCCN1. The van der Waals surface area contributed by atoms with Crippen molar-refractivity contribution in [3.63, 3.8) is 0 Å². The fourth-order valence-electron chi connectivity index (χ4n) is 1.26. The van der Waals surface area contributed by atoms with Gasteiger partial charge in [0.1, 0.15) is 0 Å². The zero-order valence-electron chi connectivity index (χ0n) is 5.95. The topological polar surface area (TPSA) is 60.8 Å². The van der Waals surface area contributed by atoms with Crippen molar-refractivity contribution in [3.8, 4) is 0 Å². The Bertz CT molecular complexity index is 133. The first-order chi connectivity index (χ1) is 4.93. The maximum Gasteiger partial charge on any atom is 0.0272 e. The number of hydrogen-bond donors (Lipinski definition) is 1. The molecule has 4 heteroatoms. The van der Waals surface area contributed by atoms with Crippen molar-refractivity contribution in [2.45, 2.75) is 25.3 Å². The maximum atomic E-state index is 7.98. The maximum absolute atomic E-state index is 7.98. The van der Waals surface area contributed by atoms with Gasteiger partial charge in [0.2, 0.25) is 0 Å². The normalized spacial score (nSPS) is 24.2. The third-order valence-electron chi connectivity index (χ3n) is 1.80. The second kappa shape index (κ2) is 4.14. The molecule has 0 bridgehead atoms. The van der Waals surface area contributed by atoms with Crippen LogP contribution in [0, 0.1) is 0 Å². The second-order valence-electron chi connectivity index (χ2n) is 2.54. The fraction of sp³-hybridized carbons (Fsp3) is 1.00. The molecule has 1 saturated heterocycles. The van der Waals surface area contributed by atoms with Crippen LogP contribution in [0.2, 0.25) is 0 Å². The van der Waals surface area contributed by atoms with E-state index in [0.717, 1.165) is 13.0 Å². The molecule has 1 unspecified atom stereocenters. The Balaban J connectivity index is 2.06. The highest BCUT2D eigenvalue weighted by atomic mass is 15.1. The van der Waals surface area contributed by atoms with Crippen molar-refractivity contribution in [2.75, 3.05) is 13.1 Å². The number of rotatable bonds is 3. The van der Waals surface area contributed by atoms with E-state index in [2.05, 4.69) is 15.3 Å². The van der Waals surface area contributed by atoms with Crippen LogP contribution in [0.1, 0.15) is 19.3 Å². The summed E-state index contributed by atoms with van der Waals surface area (Å²) in [7, 11) is 0. The van der Waals surface area contributed by atoms with Crippen molar-refractivity contribution >= 4 is 0 Å². The molecule has 0 spiro atoms. The van der Waals surface area contributed by atoms with E-state index in [4.69, 9.17) is 5.53 Å². The van der Waals surface area contributed by atoms with Gasteiger partial charge in [-0.3, -0.25) is 0 Å². The Hall–Kier alpha value is -0.730. The van der Waals surface area contributed by atoms with Gasteiger partial charge in [-0.25, -0.2) is 0 Å². The molecule has 1 fully saturated rings. The minimum Gasteiger partial charge on any atom is -0.314 e. The first-order valence-electron chi connectivity index (χ1n) is 3.67. The lowest BCUT2D eigenvalue weighted by molar-refractivity contribution is 0.566. The molecule has 1 rings (SSSR count). The van der Waals surface area contributed by atoms with Gasteiger partial charge in [-0.05, 0) is 31.3 Å². The number of hydrogen-bond acceptors (Lipinski definition) is 2. The van der Waals surface area contributed by atoms with Gasteiger partial charge >= 0.3 is 0 Å². The molecule has 0 aromatic rings. The highest BCUT2D eigenvalue weighted by Gasteiger charge is 2.11. The summed E-state index contributed by atoms with van der Waals surface area (Å²) >= 11 is 0. The van der Waals surface area contributed by atoms with E-state index in [9.17, 15) is 0 Å². The molecule has 0 aromatic heterocycles. The van der Waals surface area contributed by atoms with Crippen LogP contribution in [0.5, 0.6) is 0 Å². The molecule has 56 valence electrons. The molecule has 0 radical (unpaired) electrons. The van der Waals surface area contributed by atoms with Crippen molar-refractivity contribution in [1.82, 2.24) is 5.32 Å². The van der Waals surface area contributed by atoms with Gasteiger partial charge in [-0.15, -0.1) is 0 Å². The highest BCUT2D eigenvalue weighted by Crippen LogP contribution is 2.07. The lowest BCUT2D eigenvalue weighted by Crippen LogP contribution is -2.21.